The monoisotopic (exact) mass is 162 g/mol. The highest BCUT2D eigenvalue weighted by atomic mass is 35.5. The molecule has 0 unspecified atom stereocenters. The van der Waals surface area contributed by atoms with Crippen molar-refractivity contribution in [2.45, 2.75) is 32.8 Å². The molecule has 60 valence electrons. The van der Waals surface area contributed by atoms with Crippen LogP contribution in [0, 0.1) is 5.92 Å². The smallest absolute Gasteiger partial charge is 0.0566 e. The van der Waals surface area contributed by atoms with Crippen molar-refractivity contribution in [3.63, 3.8) is 0 Å². The number of aliphatic hydroxyl groups is 1. The topological polar surface area (TPSA) is 20.2 Å². The van der Waals surface area contributed by atoms with E-state index in [-0.39, 0.29) is 6.10 Å². The minimum atomic E-state index is -0.187. The van der Waals surface area contributed by atoms with Gasteiger partial charge in [-0.2, -0.15) is 0 Å². The van der Waals surface area contributed by atoms with Crippen LogP contribution in [0.4, 0.5) is 0 Å². The lowest BCUT2D eigenvalue weighted by atomic mass is 9.99. The lowest BCUT2D eigenvalue weighted by Gasteiger charge is -2.14. The Labute approximate surface area is 67.7 Å². The fourth-order valence-electron chi connectivity index (χ4n) is 0.826. The second-order valence-electron chi connectivity index (χ2n) is 2.55. The van der Waals surface area contributed by atoms with Crippen LogP contribution in [0.5, 0.6) is 0 Å². The largest absolute Gasteiger partial charge is 0.393 e. The Morgan fingerprint density at radius 1 is 1.60 bits per heavy atom. The number of rotatable bonds is 4. The first kappa shape index (κ1) is 9.99. The Kier molecular flexibility index (Phi) is 5.74. The molecular formula is C8H15ClO. The number of hydrogen-bond acceptors (Lipinski definition) is 1. The van der Waals surface area contributed by atoms with Gasteiger partial charge in [-0.1, -0.05) is 31.5 Å². The summed E-state index contributed by atoms with van der Waals surface area (Å²) in [7, 11) is 0. The van der Waals surface area contributed by atoms with E-state index >= 15 is 0 Å². The molecule has 0 aromatic rings. The van der Waals surface area contributed by atoms with Crippen LogP contribution in [0.2, 0.25) is 0 Å². The molecule has 0 fully saturated rings. The number of hydrogen-bond donors (Lipinski definition) is 1. The van der Waals surface area contributed by atoms with E-state index in [0.29, 0.717) is 5.92 Å². The lowest BCUT2D eigenvalue weighted by Crippen LogP contribution is -2.15. The zero-order valence-corrected chi connectivity index (χ0v) is 7.30. The second kappa shape index (κ2) is 5.75. The lowest BCUT2D eigenvalue weighted by molar-refractivity contribution is 0.114. The average molecular weight is 163 g/mol. The number of halogens is 1. The van der Waals surface area contributed by atoms with Crippen LogP contribution in [0.1, 0.15) is 26.7 Å². The minimum absolute atomic E-state index is 0.187. The van der Waals surface area contributed by atoms with Crippen LogP contribution in [-0.2, 0) is 0 Å². The van der Waals surface area contributed by atoms with E-state index in [9.17, 15) is 5.11 Å². The first-order valence-electron chi connectivity index (χ1n) is 3.65. The zero-order chi connectivity index (χ0) is 7.98. The second-order valence-corrected chi connectivity index (χ2v) is 2.80. The fourth-order valence-corrected chi connectivity index (χ4v) is 0.928. The molecule has 0 aliphatic rings. The third-order valence-electron chi connectivity index (χ3n) is 1.67. The molecular weight excluding hydrogens is 148 g/mol. The number of aliphatic hydroxyl groups excluding tert-OH is 1. The van der Waals surface area contributed by atoms with Crippen molar-refractivity contribution in [3.8, 4) is 0 Å². The maximum Gasteiger partial charge on any atom is 0.0566 e. The highest BCUT2D eigenvalue weighted by Gasteiger charge is 2.08. The molecule has 10 heavy (non-hydrogen) atoms. The van der Waals surface area contributed by atoms with Gasteiger partial charge >= 0.3 is 0 Å². The van der Waals surface area contributed by atoms with E-state index in [0.717, 1.165) is 12.8 Å². The molecule has 1 nitrogen and oxygen atoms in total. The SMILES string of the molecule is CC[C@@H](O)[C@H](C)C/C=C/Cl. The molecule has 0 aliphatic carbocycles. The first-order valence-corrected chi connectivity index (χ1v) is 4.09. The molecule has 0 saturated carbocycles. The van der Waals surface area contributed by atoms with Crippen LogP contribution >= 0.6 is 11.6 Å². The summed E-state index contributed by atoms with van der Waals surface area (Å²) in [6.07, 6.45) is 3.36. The molecule has 0 amide bonds. The highest BCUT2D eigenvalue weighted by molar-refractivity contribution is 6.25. The minimum Gasteiger partial charge on any atom is -0.393 e. The summed E-state index contributed by atoms with van der Waals surface area (Å²) in [5.41, 5.74) is 1.50. The molecule has 1 N–H and O–H groups in total. The van der Waals surface area contributed by atoms with Gasteiger partial charge in [0, 0.05) is 5.54 Å². The van der Waals surface area contributed by atoms with Gasteiger partial charge in [-0.15, -0.1) is 0 Å². The van der Waals surface area contributed by atoms with Crippen LogP contribution in [0.15, 0.2) is 11.6 Å². The van der Waals surface area contributed by atoms with Crippen LogP contribution < -0.4 is 0 Å². The van der Waals surface area contributed by atoms with Gasteiger partial charge in [0.15, 0.2) is 0 Å². The van der Waals surface area contributed by atoms with Crippen LogP contribution in [0.25, 0.3) is 0 Å². The van der Waals surface area contributed by atoms with Gasteiger partial charge in [0.2, 0.25) is 0 Å². The normalized spacial score (nSPS) is 17.6. The van der Waals surface area contributed by atoms with Crippen molar-refractivity contribution in [1.82, 2.24) is 0 Å². The van der Waals surface area contributed by atoms with Crippen molar-refractivity contribution >= 4 is 11.6 Å². The Morgan fingerprint density at radius 2 is 2.20 bits per heavy atom. The van der Waals surface area contributed by atoms with Gasteiger partial charge in [0.05, 0.1) is 6.10 Å². The summed E-state index contributed by atoms with van der Waals surface area (Å²) in [5, 5.41) is 9.28. The third kappa shape index (κ3) is 3.91. The van der Waals surface area contributed by atoms with Gasteiger partial charge in [-0.05, 0) is 18.8 Å². The Bertz CT molecular complexity index is 101. The standard InChI is InChI=1S/C8H15ClO/c1-3-8(10)7(2)5-4-6-9/h4,6-8,10H,3,5H2,1-2H3/b6-4+/t7-,8-/m1/s1. The Balaban J connectivity index is 3.50. The van der Waals surface area contributed by atoms with Gasteiger partial charge in [0.1, 0.15) is 0 Å². The zero-order valence-electron chi connectivity index (χ0n) is 6.55. The molecule has 2 heteroatoms. The van der Waals surface area contributed by atoms with Crippen molar-refractivity contribution in [3.05, 3.63) is 11.6 Å². The van der Waals surface area contributed by atoms with Crippen molar-refractivity contribution in [2.24, 2.45) is 5.92 Å². The Morgan fingerprint density at radius 3 is 2.60 bits per heavy atom. The molecule has 0 aromatic heterocycles. The van der Waals surface area contributed by atoms with Crippen LogP contribution in [-0.4, -0.2) is 11.2 Å². The quantitative estimate of drug-likeness (QED) is 0.674. The summed E-state index contributed by atoms with van der Waals surface area (Å²) in [6.45, 7) is 4.00. The van der Waals surface area contributed by atoms with E-state index in [2.05, 4.69) is 0 Å². The highest BCUT2D eigenvalue weighted by Crippen LogP contribution is 2.11. The third-order valence-corrected chi connectivity index (χ3v) is 1.85. The summed E-state index contributed by atoms with van der Waals surface area (Å²) < 4.78 is 0. The van der Waals surface area contributed by atoms with E-state index in [4.69, 9.17) is 11.6 Å². The summed E-state index contributed by atoms with van der Waals surface area (Å²) >= 11 is 5.33. The molecule has 0 radical (unpaired) electrons. The van der Waals surface area contributed by atoms with E-state index in [1.165, 1.54) is 5.54 Å². The molecule has 2 atom stereocenters. The van der Waals surface area contributed by atoms with Crippen molar-refractivity contribution < 1.29 is 5.11 Å². The first-order chi connectivity index (χ1) is 4.72. The molecule has 0 aliphatic heterocycles. The van der Waals surface area contributed by atoms with Gasteiger partial charge in [-0.3, -0.25) is 0 Å². The maximum absolute atomic E-state index is 9.28. The van der Waals surface area contributed by atoms with Crippen molar-refractivity contribution in [1.29, 1.82) is 0 Å². The van der Waals surface area contributed by atoms with E-state index in [1.54, 1.807) is 0 Å². The molecule has 0 rings (SSSR count). The molecule has 0 aromatic carbocycles. The molecule has 0 bridgehead atoms. The van der Waals surface area contributed by atoms with Gasteiger partial charge in [0.25, 0.3) is 0 Å². The van der Waals surface area contributed by atoms with Crippen molar-refractivity contribution in [2.75, 3.05) is 0 Å². The Hall–Kier alpha value is -0.0100. The molecule has 0 heterocycles. The average Bonchev–Trinajstić information content (AvgIpc) is 1.98. The van der Waals surface area contributed by atoms with Crippen LogP contribution in [0.3, 0.4) is 0 Å². The predicted octanol–water partition coefficient (Wildman–Crippen LogP) is 2.54. The van der Waals surface area contributed by atoms with Gasteiger partial charge in [-0.25, -0.2) is 0 Å². The fraction of sp³-hybridized carbons (Fsp3) is 0.750. The molecule has 0 saturated heterocycles. The summed E-state index contributed by atoms with van der Waals surface area (Å²) in [5.74, 6) is 0.319. The van der Waals surface area contributed by atoms with E-state index < -0.39 is 0 Å². The summed E-state index contributed by atoms with van der Waals surface area (Å²) in [6, 6.07) is 0. The summed E-state index contributed by atoms with van der Waals surface area (Å²) in [4.78, 5) is 0. The molecule has 0 spiro atoms. The number of allylic oxidation sites excluding steroid dienone is 1. The van der Waals surface area contributed by atoms with E-state index in [1.807, 2.05) is 19.9 Å². The maximum atomic E-state index is 9.28. The van der Waals surface area contributed by atoms with Gasteiger partial charge < -0.3 is 5.11 Å². The predicted molar refractivity (Wildman–Crippen MR) is 45.1 cm³/mol.